The number of carboxylic acid groups (broad SMARTS) is 1. The van der Waals surface area contributed by atoms with Crippen molar-refractivity contribution in [3.05, 3.63) is 29.7 Å². The van der Waals surface area contributed by atoms with Gasteiger partial charge in [0.25, 0.3) is 0 Å². The standard InChI is InChI=1S/C23H33FN4O5/c1-23(2,3)28(22(31)32)12-14-10-27(8-7-18(14)30)11-15(13-29)20-16(24)9-25-17-5-6-19(33-4)26-21(17)20/h5-6,9,14-15,18,29-30H,7-8,10-13H2,1-4H3,(H,31,32)/t14-,15?,18-/m0/s1. The molecular formula is C23H33FN4O5. The number of methoxy groups -OCH3 is 1. The van der Waals surface area contributed by atoms with Crippen molar-refractivity contribution in [2.75, 3.05) is 39.9 Å². The smallest absolute Gasteiger partial charge is 0.407 e. The molecule has 1 aliphatic heterocycles. The van der Waals surface area contributed by atoms with Crippen LogP contribution < -0.4 is 4.74 Å². The number of amides is 1. The molecule has 1 unspecified atom stereocenters. The van der Waals surface area contributed by atoms with Gasteiger partial charge in [-0.2, -0.15) is 0 Å². The third-order valence-electron chi connectivity index (χ3n) is 6.23. The topological polar surface area (TPSA) is 119 Å². The molecule has 0 radical (unpaired) electrons. The summed E-state index contributed by atoms with van der Waals surface area (Å²) < 4.78 is 20.1. The molecule has 182 valence electrons. The SMILES string of the molecule is COc1ccc2ncc(F)c(C(CO)CN3CC[C@H](O)[C@H](CN(C(=O)O)C(C)(C)C)C3)c2n1. The van der Waals surface area contributed by atoms with E-state index < -0.39 is 29.5 Å². The van der Waals surface area contributed by atoms with Gasteiger partial charge in [-0.05, 0) is 33.3 Å². The van der Waals surface area contributed by atoms with Crippen molar-refractivity contribution in [3.63, 3.8) is 0 Å². The van der Waals surface area contributed by atoms with Crippen molar-refractivity contribution in [1.82, 2.24) is 19.8 Å². The van der Waals surface area contributed by atoms with Gasteiger partial charge < -0.3 is 29.9 Å². The minimum Gasteiger partial charge on any atom is -0.481 e. The first-order chi connectivity index (χ1) is 15.5. The Kier molecular flexibility index (Phi) is 7.71. The Balaban J connectivity index is 1.83. The molecule has 0 spiro atoms. The van der Waals surface area contributed by atoms with E-state index in [0.717, 1.165) is 6.20 Å². The highest BCUT2D eigenvalue weighted by Gasteiger charge is 2.35. The van der Waals surface area contributed by atoms with E-state index >= 15 is 0 Å². The fourth-order valence-corrected chi connectivity index (χ4v) is 4.41. The van der Waals surface area contributed by atoms with E-state index in [4.69, 9.17) is 4.74 Å². The van der Waals surface area contributed by atoms with Crippen LogP contribution in [-0.2, 0) is 0 Å². The number of hydrogen-bond donors (Lipinski definition) is 3. The number of aromatic nitrogens is 2. The summed E-state index contributed by atoms with van der Waals surface area (Å²) in [4.78, 5) is 23.6. The van der Waals surface area contributed by atoms with Gasteiger partial charge in [0.05, 0.1) is 37.1 Å². The highest BCUT2D eigenvalue weighted by molar-refractivity contribution is 5.79. The molecule has 1 fully saturated rings. The number of fused-ring (bicyclic) bond motifs is 1. The highest BCUT2D eigenvalue weighted by Crippen LogP contribution is 2.30. The Morgan fingerprint density at radius 3 is 2.73 bits per heavy atom. The van der Waals surface area contributed by atoms with Crippen molar-refractivity contribution >= 4 is 17.1 Å². The molecule has 2 aromatic rings. The Morgan fingerprint density at radius 1 is 1.39 bits per heavy atom. The van der Waals surface area contributed by atoms with Crippen LogP contribution in [0.15, 0.2) is 18.3 Å². The Bertz CT molecular complexity index is 983. The van der Waals surface area contributed by atoms with Crippen molar-refractivity contribution in [1.29, 1.82) is 0 Å². The number of hydrogen-bond acceptors (Lipinski definition) is 7. The average molecular weight is 465 g/mol. The van der Waals surface area contributed by atoms with Crippen LogP contribution in [0.2, 0.25) is 0 Å². The summed E-state index contributed by atoms with van der Waals surface area (Å²) >= 11 is 0. The first-order valence-corrected chi connectivity index (χ1v) is 11.1. The van der Waals surface area contributed by atoms with Gasteiger partial charge in [0.1, 0.15) is 5.82 Å². The van der Waals surface area contributed by atoms with Gasteiger partial charge in [0.15, 0.2) is 0 Å². The van der Waals surface area contributed by atoms with Gasteiger partial charge in [0.2, 0.25) is 5.88 Å². The zero-order valence-electron chi connectivity index (χ0n) is 19.5. The average Bonchev–Trinajstić information content (AvgIpc) is 2.76. The lowest BCUT2D eigenvalue weighted by Crippen LogP contribution is -2.53. The predicted octanol–water partition coefficient (Wildman–Crippen LogP) is 2.31. The molecule has 1 aliphatic rings. The lowest BCUT2D eigenvalue weighted by molar-refractivity contribution is -0.00468. The van der Waals surface area contributed by atoms with E-state index in [1.54, 1.807) is 12.1 Å². The molecule has 2 aromatic heterocycles. The quantitative estimate of drug-likeness (QED) is 0.571. The summed E-state index contributed by atoms with van der Waals surface area (Å²) in [5, 5.41) is 30.3. The minimum atomic E-state index is -1.04. The van der Waals surface area contributed by atoms with Crippen LogP contribution in [0.3, 0.4) is 0 Å². The number of carbonyl (C=O) groups is 1. The van der Waals surface area contributed by atoms with Crippen LogP contribution in [0.25, 0.3) is 11.0 Å². The van der Waals surface area contributed by atoms with Crippen LogP contribution in [-0.4, -0.2) is 92.7 Å². The van der Waals surface area contributed by atoms with Gasteiger partial charge in [-0.3, -0.25) is 4.98 Å². The second-order valence-electron chi connectivity index (χ2n) is 9.56. The maximum Gasteiger partial charge on any atom is 0.407 e. The molecule has 1 amide bonds. The minimum absolute atomic E-state index is 0.186. The van der Waals surface area contributed by atoms with Gasteiger partial charge >= 0.3 is 6.09 Å². The maximum atomic E-state index is 14.9. The van der Waals surface area contributed by atoms with Gasteiger partial charge in [-0.15, -0.1) is 0 Å². The van der Waals surface area contributed by atoms with Gasteiger partial charge in [-0.25, -0.2) is 14.2 Å². The summed E-state index contributed by atoms with van der Waals surface area (Å²) in [6.45, 7) is 6.64. The number of rotatable bonds is 7. The highest BCUT2D eigenvalue weighted by atomic mass is 19.1. The molecule has 3 atom stereocenters. The van der Waals surface area contributed by atoms with Gasteiger partial charge in [-0.1, -0.05) is 0 Å². The summed E-state index contributed by atoms with van der Waals surface area (Å²) in [5.41, 5.74) is 0.503. The fraction of sp³-hybridized carbons (Fsp3) is 0.609. The van der Waals surface area contributed by atoms with E-state index in [0.29, 0.717) is 43.0 Å². The van der Waals surface area contributed by atoms with Crippen LogP contribution >= 0.6 is 0 Å². The molecule has 3 rings (SSSR count). The molecule has 33 heavy (non-hydrogen) atoms. The third kappa shape index (κ3) is 5.69. The molecule has 3 heterocycles. The normalized spacial score (nSPS) is 20.6. The van der Waals surface area contributed by atoms with E-state index in [9.17, 15) is 24.5 Å². The number of piperidine rings is 1. The Hall–Kier alpha value is -2.56. The van der Waals surface area contributed by atoms with Crippen LogP contribution in [0.1, 0.15) is 38.7 Å². The fourth-order valence-electron chi connectivity index (χ4n) is 4.41. The molecule has 10 heteroatoms. The van der Waals surface area contributed by atoms with Crippen LogP contribution in [0.5, 0.6) is 5.88 Å². The Morgan fingerprint density at radius 2 is 2.12 bits per heavy atom. The van der Waals surface area contributed by atoms with E-state index in [1.165, 1.54) is 12.0 Å². The molecule has 0 saturated carbocycles. The van der Waals surface area contributed by atoms with E-state index in [1.807, 2.05) is 25.7 Å². The van der Waals surface area contributed by atoms with Crippen LogP contribution in [0.4, 0.5) is 9.18 Å². The van der Waals surface area contributed by atoms with E-state index in [-0.39, 0.29) is 24.6 Å². The third-order valence-corrected chi connectivity index (χ3v) is 6.23. The number of halogens is 1. The number of aliphatic hydroxyl groups is 2. The molecule has 1 saturated heterocycles. The molecule has 0 bridgehead atoms. The van der Waals surface area contributed by atoms with Crippen molar-refractivity contribution in [2.45, 2.75) is 44.8 Å². The number of aliphatic hydroxyl groups excluding tert-OH is 2. The number of pyridine rings is 2. The lowest BCUT2D eigenvalue weighted by atomic mass is 9.90. The molecule has 3 N–H and O–H groups in total. The van der Waals surface area contributed by atoms with Crippen molar-refractivity contribution < 1.29 is 29.2 Å². The predicted molar refractivity (Wildman–Crippen MR) is 121 cm³/mol. The number of likely N-dealkylation sites (tertiary alicyclic amines) is 1. The Labute approximate surface area is 192 Å². The largest absolute Gasteiger partial charge is 0.481 e. The number of nitrogens with zero attached hydrogens (tertiary/aromatic N) is 4. The summed E-state index contributed by atoms with van der Waals surface area (Å²) in [7, 11) is 1.47. The molecular weight excluding hydrogens is 431 g/mol. The van der Waals surface area contributed by atoms with Crippen molar-refractivity contribution in [3.8, 4) is 5.88 Å². The van der Waals surface area contributed by atoms with Crippen molar-refractivity contribution in [2.24, 2.45) is 5.92 Å². The maximum absolute atomic E-state index is 14.9. The van der Waals surface area contributed by atoms with Crippen LogP contribution in [0, 0.1) is 11.7 Å². The second kappa shape index (κ2) is 10.1. The lowest BCUT2D eigenvalue weighted by Gasteiger charge is -2.42. The number of ether oxygens (including phenoxy) is 1. The first-order valence-electron chi connectivity index (χ1n) is 11.1. The monoisotopic (exact) mass is 464 g/mol. The first kappa shape index (κ1) is 25.1. The summed E-state index contributed by atoms with van der Waals surface area (Å²) in [5.74, 6) is -1.11. The zero-order valence-corrected chi connectivity index (χ0v) is 19.5. The summed E-state index contributed by atoms with van der Waals surface area (Å²) in [6.07, 6.45) is -0.0787. The molecule has 0 aliphatic carbocycles. The van der Waals surface area contributed by atoms with E-state index in [2.05, 4.69) is 9.97 Å². The van der Waals surface area contributed by atoms with Gasteiger partial charge in [0, 0.05) is 55.2 Å². The second-order valence-corrected chi connectivity index (χ2v) is 9.56. The molecule has 0 aromatic carbocycles. The molecule has 9 nitrogen and oxygen atoms in total. The zero-order chi connectivity index (χ0) is 24.3. The summed E-state index contributed by atoms with van der Waals surface area (Å²) in [6, 6.07) is 3.34.